The average molecular weight is 1080 g/mol. The molecule has 0 saturated heterocycles. The van der Waals surface area contributed by atoms with Crippen molar-refractivity contribution in [1.82, 2.24) is 0 Å². The molecule has 6 radical (unpaired) electrons. The SMILES string of the molecule is CCC[CH2][Ge]([CH2]CCC)[S]c1ccc(C(C)(C)C)cc1.CCC[CH2][Ge]([CH2]CCC)[S]c1ccc(C(C)(C)C)cc1.CCC[CH2][Ge][CH2]CCC.CCC[CH2][Ge][CH2]CCC. The van der Waals surface area contributed by atoms with Gasteiger partial charge >= 0.3 is 399 Å². The van der Waals surface area contributed by atoms with E-state index in [0.29, 0.717) is 30.9 Å². The minimum absolute atomic E-state index is 0.271. The second-order valence-electron chi connectivity index (χ2n) is 18.2. The Morgan fingerprint density at radius 1 is 0.362 bits per heavy atom. The molecule has 0 aliphatic rings. The van der Waals surface area contributed by atoms with E-state index >= 15 is 0 Å². The standard InChI is InChI=1S/2C18H31GeS.2C8H18Ge/c2*1-6-8-14-19(15-9-7-2)20-17-12-10-16(11-13-17)18(3,4)5;2*1-3-5-7-9-8-6-4-2/h2*10-13H,6-9,14-15H2,1-5H3;2*3-8H2,1-2H3. The van der Waals surface area contributed by atoms with Crippen LogP contribution in [0.2, 0.25) is 42.0 Å². The van der Waals surface area contributed by atoms with Gasteiger partial charge in [0.25, 0.3) is 0 Å². The van der Waals surface area contributed by atoms with Crippen LogP contribution in [-0.2, 0) is 10.8 Å². The molecule has 0 fully saturated rings. The molecule has 6 heteroatoms. The molecule has 0 spiro atoms. The zero-order valence-corrected chi connectivity index (χ0v) is 51.4. The predicted molar refractivity (Wildman–Crippen MR) is 283 cm³/mol. The molecule has 0 atom stereocenters. The Morgan fingerprint density at radius 3 is 0.776 bits per heavy atom. The Kier molecular flexibility index (Phi) is 44.8. The Morgan fingerprint density at radius 2 is 0.586 bits per heavy atom. The Balaban J connectivity index is 0. The van der Waals surface area contributed by atoms with Crippen LogP contribution in [0.15, 0.2) is 58.3 Å². The summed E-state index contributed by atoms with van der Waals surface area (Å²) < 4.78 is 0. The van der Waals surface area contributed by atoms with Crippen LogP contribution in [0.25, 0.3) is 0 Å². The van der Waals surface area contributed by atoms with E-state index in [1.807, 2.05) is 0 Å². The van der Waals surface area contributed by atoms with Crippen LogP contribution in [-0.4, -0.2) is 57.3 Å². The van der Waals surface area contributed by atoms with E-state index in [4.69, 9.17) is 0 Å². The third-order valence-electron chi connectivity index (χ3n) is 10.0. The Bertz CT molecular complexity index is 991. The maximum atomic E-state index is 2.36. The van der Waals surface area contributed by atoms with E-state index in [0.717, 1.165) is 0 Å². The summed E-state index contributed by atoms with van der Waals surface area (Å²) in [7, 11) is 4.51. The molecule has 0 amide bonds. The van der Waals surface area contributed by atoms with Gasteiger partial charge in [-0.05, 0) is 0 Å². The van der Waals surface area contributed by atoms with Crippen LogP contribution in [0.1, 0.15) is 211 Å². The molecule has 0 aliphatic heterocycles. The van der Waals surface area contributed by atoms with Crippen molar-refractivity contribution in [3.8, 4) is 0 Å². The van der Waals surface area contributed by atoms with E-state index < -0.39 is 26.4 Å². The third kappa shape index (κ3) is 37.8. The van der Waals surface area contributed by atoms with E-state index in [9.17, 15) is 0 Å². The van der Waals surface area contributed by atoms with Gasteiger partial charge in [0, 0.05) is 0 Å². The summed E-state index contributed by atoms with van der Waals surface area (Å²) in [6.07, 6.45) is 22.7. The zero-order valence-electron chi connectivity index (χ0n) is 41.4. The summed E-state index contributed by atoms with van der Waals surface area (Å²) in [5.74, 6) is 0. The maximum absolute atomic E-state index is 2.36. The van der Waals surface area contributed by atoms with Crippen molar-refractivity contribution in [2.45, 2.75) is 262 Å². The van der Waals surface area contributed by atoms with Crippen LogP contribution < -0.4 is 0 Å². The van der Waals surface area contributed by atoms with Gasteiger partial charge in [-0.2, -0.15) is 0 Å². The molecule has 58 heavy (non-hydrogen) atoms. The number of hydrogen-bond acceptors (Lipinski definition) is 2. The van der Waals surface area contributed by atoms with Gasteiger partial charge < -0.3 is 0 Å². The van der Waals surface area contributed by atoms with E-state index in [2.05, 4.69) is 166 Å². The first-order valence-corrected chi connectivity index (χ1v) is 43.1. The van der Waals surface area contributed by atoms with Gasteiger partial charge in [-0.15, -0.1) is 0 Å². The quantitative estimate of drug-likeness (QED) is 0.0615. The first-order valence-electron chi connectivity index (χ1n) is 24.4. The molecule has 0 heterocycles. The molecular weight excluding hydrogens is 979 g/mol. The Labute approximate surface area is 395 Å². The van der Waals surface area contributed by atoms with Crippen molar-refractivity contribution in [3.05, 3.63) is 59.7 Å². The van der Waals surface area contributed by atoms with Crippen molar-refractivity contribution in [3.63, 3.8) is 0 Å². The molecule has 0 nitrogen and oxygen atoms in total. The normalized spacial score (nSPS) is 11.4. The van der Waals surface area contributed by atoms with E-state index in [1.165, 1.54) is 145 Å². The zero-order chi connectivity index (χ0) is 43.9. The minimum atomic E-state index is -0.924. The summed E-state index contributed by atoms with van der Waals surface area (Å²) in [5.41, 5.74) is 3.44. The first kappa shape index (κ1) is 61.4. The van der Waals surface area contributed by atoms with Crippen molar-refractivity contribution in [2.24, 2.45) is 0 Å². The number of unbranched alkanes of at least 4 members (excludes halogenated alkanes) is 8. The van der Waals surface area contributed by atoms with Crippen LogP contribution in [0.3, 0.4) is 0 Å². The number of rotatable bonds is 28. The topological polar surface area (TPSA) is 0 Å². The second-order valence-corrected chi connectivity index (χ2v) is 43.1. The first-order chi connectivity index (χ1) is 27.8. The molecule has 0 N–H and O–H groups in total. The summed E-state index contributed by atoms with van der Waals surface area (Å²) >= 11 is -0.856. The van der Waals surface area contributed by atoms with Crippen molar-refractivity contribution >= 4 is 77.5 Å². The van der Waals surface area contributed by atoms with Crippen LogP contribution in [0.4, 0.5) is 0 Å². The van der Waals surface area contributed by atoms with Crippen LogP contribution in [0.5, 0.6) is 0 Å². The van der Waals surface area contributed by atoms with Crippen LogP contribution >= 0.6 is 20.2 Å². The van der Waals surface area contributed by atoms with Crippen molar-refractivity contribution < 1.29 is 0 Å². The van der Waals surface area contributed by atoms with E-state index in [1.54, 1.807) is 21.0 Å². The molecule has 0 saturated carbocycles. The van der Waals surface area contributed by atoms with Gasteiger partial charge in [0.05, 0.1) is 0 Å². The fourth-order valence-corrected chi connectivity index (χ4v) is 32.3. The van der Waals surface area contributed by atoms with Crippen molar-refractivity contribution in [1.29, 1.82) is 0 Å². The Hall–Kier alpha value is 1.31. The molecule has 0 bridgehead atoms. The molecule has 0 unspecified atom stereocenters. The van der Waals surface area contributed by atoms with Gasteiger partial charge in [0.1, 0.15) is 0 Å². The van der Waals surface area contributed by atoms with Gasteiger partial charge in [0.15, 0.2) is 0 Å². The van der Waals surface area contributed by atoms with Crippen molar-refractivity contribution in [2.75, 3.05) is 0 Å². The molecule has 2 rings (SSSR count). The molecule has 334 valence electrons. The van der Waals surface area contributed by atoms with Crippen LogP contribution in [0, 0.1) is 0 Å². The number of benzene rings is 2. The van der Waals surface area contributed by atoms with Gasteiger partial charge in [0.2, 0.25) is 0 Å². The second kappa shape index (κ2) is 42.3. The fourth-order valence-electron chi connectivity index (χ4n) is 5.79. The average Bonchev–Trinajstić information content (AvgIpc) is 3.20. The predicted octanol–water partition coefficient (Wildman–Crippen LogP) is 19.6. The summed E-state index contributed by atoms with van der Waals surface area (Å²) in [6.45, 7) is 32.1. The molecule has 2 aromatic carbocycles. The van der Waals surface area contributed by atoms with Gasteiger partial charge in [-0.1, -0.05) is 0 Å². The monoisotopic (exact) mass is 1080 g/mol. The summed E-state index contributed by atoms with van der Waals surface area (Å²) in [5, 5.41) is 12.4. The molecule has 0 aliphatic carbocycles. The molecule has 2 aromatic rings. The third-order valence-corrected chi connectivity index (χ3v) is 36.0. The fraction of sp³-hybridized carbons (Fsp3) is 0.769. The summed E-state index contributed by atoms with van der Waals surface area (Å²) in [6, 6.07) is 18.8. The van der Waals surface area contributed by atoms with Gasteiger partial charge in [-0.25, -0.2) is 0 Å². The summed E-state index contributed by atoms with van der Waals surface area (Å²) in [4.78, 5) is 3.03. The van der Waals surface area contributed by atoms with Gasteiger partial charge in [-0.3, -0.25) is 0 Å². The van der Waals surface area contributed by atoms with E-state index in [-0.39, 0.29) is 10.8 Å². The molecular formula is C52H98Ge4S2. The molecule has 0 aromatic heterocycles. The number of hydrogen-bond donors (Lipinski definition) is 0.